The highest BCUT2D eigenvalue weighted by Crippen LogP contribution is 2.24. The lowest BCUT2D eigenvalue weighted by atomic mass is 10.2. The van der Waals surface area contributed by atoms with Crippen molar-refractivity contribution in [2.75, 3.05) is 19.0 Å². The molecule has 0 aliphatic heterocycles. The van der Waals surface area contributed by atoms with Crippen LogP contribution >= 0.6 is 11.5 Å². The van der Waals surface area contributed by atoms with Gasteiger partial charge in [-0.15, -0.1) is 0 Å². The number of carbonyl (C=O) groups is 1. The summed E-state index contributed by atoms with van der Waals surface area (Å²) in [5, 5.41) is 6.36. The molecule has 0 unspecified atom stereocenters. The smallest absolute Gasteiger partial charge is 0.422 e. The molecule has 2 aromatic rings. The summed E-state index contributed by atoms with van der Waals surface area (Å²) >= 11 is 1.21. The summed E-state index contributed by atoms with van der Waals surface area (Å²) < 4.78 is 45.0. The van der Waals surface area contributed by atoms with Crippen LogP contribution in [0.2, 0.25) is 0 Å². The van der Waals surface area contributed by atoms with Crippen molar-refractivity contribution in [2.24, 2.45) is 0 Å². The lowest BCUT2D eigenvalue weighted by Crippen LogP contribution is -2.24. The van der Waals surface area contributed by atoms with Crippen molar-refractivity contribution < 1.29 is 22.7 Å². The minimum Gasteiger partial charge on any atom is -0.484 e. The molecule has 1 aromatic heterocycles. The average molecular weight is 359 g/mol. The van der Waals surface area contributed by atoms with Crippen molar-refractivity contribution in [2.45, 2.75) is 19.6 Å². The Hall–Kier alpha value is -2.29. The minimum absolute atomic E-state index is 0.123. The van der Waals surface area contributed by atoms with Crippen LogP contribution in [-0.2, 0) is 6.54 Å². The largest absolute Gasteiger partial charge is 0.484 e. The SMILES string of the molecule is CNc1snc(C)c1C(=O)NCc1ccc(OCC(F)(F)F)cc1. The van der Waals surface area contributed by atoms with E-state index in [9.17, 15) is 18.0 Å². The van der Waals surface area contributed by atoms with Crippen molar-refractivity contribution in [3.05, 3.63) is 41.1 Å². The van der Waals surface area contributed by atoms with E-state index >= 15 is 0 Å². The molecule has 0 aliphatic carbocycles. The van der Waals surface area contributed by atoms with Gasteiger partial charge in [0, 0.05) is 13.6 Å². The number of rotatable bonds is 6. The summed E-state index contributed by atoms with van der Waals surface area (Å²) in [6.07, 6.45) is -4.37. The molecule has 0 radical (unpaired) electrons. The third-order valence-electron chi connectivity index (χ3n) is 3.10. The van der Waals surface area contributed by atoms with Crippen LogP contribution in [0, 0.1) is 6.92 Å². The first kappa shape index (κ1) is 18.1. The number of carbonyl (C=O) groups excluding carboxylic acids is 1. The second-order valence-corrected chi connectivity index (χ2v) is 5.73. The topological polar surface area (TPSA) is 63.2 Å². The predicted octanol–water partition coefficient (Wildman–Crippen LogP) is 3.36. The number of hydrogen-bond acceptors (Lipinski definition) is 5. The zero-order valence-electron chi connectivity index (χ0n) is 13.0. The predicted molar refractivity (Wildman–Crippen MR) is 85.6 cm³/mol. The summed E-state index contributed by atoms with van der Waals surface area (Å²) in [5.41, 5.74) is 1.87. The number of ether oxygens (including phenoxy) is 1. The second kappa shape index (κ2) is 7.52. The van der Waals surface area contributed by atoms with E-state index in [1.54, 1.807) is 26.1 Å². The van der Waals surface area contributed by atoms with Gasteiger partial charge in [0.05, 0.1) is 11.3 Å². The molecule has 2 rings (SSSR count). The summed E-state index contributed by atoms with van der Waals surface area (Å²) in [6, 6.07) is 6.07. The van der Waals surface area contributed by atoms with Crippen LogP contribution in [-0.4, -0.2) is 30.1 Å². The molecule has 0 atom stereocenters. The monoisotopic (exact) mass is 359 g/mol. The number of alkyl halides is 3. The Balaban J connectivity index is 1.92. The molecular formula is C15H16F3N3O2S. The highest BCUT2D eigenvalue weighted by Gasteiger charge is 2.28. The van der Waals surface area contributed by atoms with E-state index in [1.807, 2.05) is 0 Å². The van der Waals surface area contributed by atoms with Crippen LogP contribution in [0.25, 0.3) is 0 Å². The Kier molecular flexibility index (Phi) is 5.66. The molecule has 5 nitrogen and oxygen atoms in total. The Morgan fingerprint density at radius 3 is 2.54 bits per heavy atom. The number of halogens is 3. The van der Waals surface area contributed by atoms with Crippen LogP contribution in [0.15, 0.2) is 24.3 Å². The first-order chi connectivity index (χ1) is 11.3. The van der Waals surface area contributed by atoms with Crippen molar-refractivity contribution in [1.29, 1.82) is 0 Å². The number of nitrogens with zero attached hydrogens (tertiary/aromatic N) is 1. The van der Waals surface area contributed by atoms with Gasteiger partial charge in [-0.1, -0.05) is 12.1 Å². The Morgan fingerprint density at radius 2 is 1.96 bits per heavy atom. The normalized spacial score (nSPS) is 11.2. The standard InChI is InChI=1S/C15H16F3N3O2S/c1-9-12(14(19-2)24-21-9)13(22)20-7-10-3-5-11(6-4-10)23-8-15(16,17)18/h3-6,19H,7-8H2,1-2H3,(H,20,22). The third-order valence-corrected chi connectivity index (χ3v) is 4.05. The molecule has 130 valence electrons. The fourth-order valence-corrected chi connectivity index (χ4v) is 2.69. The van der Waals surface area contributed by atoms with Gasteiger partial charge in [0.2, 0.25) is 0 Å². The van der Waals surface area contributed by atoms with Crippen molar-refractivity contribution in [1.82, 2.24) is 9.69 Å². The fraction of sp³-hybridized carbons (Fsp3) is 0.333. The molecule has 0 fully saturated rings. The number of benzene rings is 1. The van der Waals surface area contributed by atoms with Crippen LogP contribution in [0.3, 0.4) is 0 Å². The lowest BCUT2D eigenvalue weighted by Gasteiger charge is -2.10. The van der Waals surface area contributed by atoms with E-state index in [0.29, 0.717) is 16.3 Å². The maximum Gasteiger partial charge on any atom is 0.422 e. The van der Waals surface area contributed by atoms with Crippen LogP contribution in [0.4, 0.5) is 18.2 Å². The van der Waals surface area contributed by atoms with Gasteiger partial charge in [-0.3, -0.25) is 4.79 Å². The van der Waals surface area contributed by atoms with E-state index in [4.69, 9.17) is 0 Å². The molecule has 1 aromatic carbocycles. The maximum atomic E-state index is 12.2. The lowest BCUT2D eigenvalue weighted by molar-refractivity contribution is -0.153. The molecule has 0 aliphatic rings. The number of aromatic nitrogens is 1. The third kappa shape index (κ3) is 4.85. The first-order valence-corrected chi connectivity index (χ1v) is 7.78. The molecule has 1 heterocycles. The van der Waals surface area contributed by atoms with Gasteiger partial charge in [0.25, 0.3) is 5.91 Å². The van der Waals surface area contributed by atoms with Gasteiger partial charge >= 0.3 is 6.18 Å². The molecule has 0 bridgehead atoms. The summed E-state index contributed by atoms with van der Waals surface area (Å²) in [4.78, 5) is 12.2. The molecule has 9 heteroatoms. The zero-order chi connectivity index (χ0) is 17.7. The Bertz CT molecular complexity index is 699. The van der Waals surface area contributed by atoms with E-state index < -0.39 is 12.8 Å². The highest BCUT2D eigenvalue weighted by molar-refractivity contribution is 7.10. The first-order valence-electron chi connectivity index (χ1n) is 7.01. The van der Waals surface area contributed by atoms with Gasteiger partial charge < -0.3 is 15.4 Å². The van der Waals surface area contributed by atoms with Crippen LogP contribution in [0.1, 0.15) is 21.6 Å². The van der Waals surface area contributed by atoms with Gasteiger partial charge in [0.15, 0.2) is 6.61 Å². The van der Waals surface area contributed by atoms with Gasteiger partial charge in [-0.2, -0.15) is 17.5 Å². The van der Waals surface area contributed by atoms with E-state index in [2.05, 4.69) is 19.7 Å². The van der Waals surface area contributed by atoms with Crippen molar-refractivity contribution >= 4 is 22.4 Å². The highest BCUT2D eigenvalue weighted by atomic mass is 32.1. The molecule has 1 amide bonds. The molecular weight excluding hydrogens is 343 g/mol. The molecule has 24 heavy (non-hydrogen) atoms. The van der Waals surface area contributed by atoms with Crippen molar-refractivity contribution in [3.8, 4) is 5.75 Å². The van der Waals surface area contributed by atoms with Crippen molar-refractivity contribution in [3.63, 3.8) is 0 Å². The van der Waals surface area contributed by atoms with E-state index in [0.717, 1.165) is 5.56 Å². The van der Waals surface area contributed by atoms with Crippen LogP contribution < -0.4 is 15.4 Å². The summed E-state index contributed by atoms with van der Waals surface area (Å²) in [6.45, 7) is 0.663. The minimum atomic E-state index is -4.37. The number of nitrogens with one attached hydrogen (secondary N) is 2. The van der Waals surface area contributed by atoms with Gasteiger partial charge in [0.1, 0.15) is 10.8 Å². The quantitative estimate of drug-likeness (QED) is 0.830. The number of aryl methyl sites for hydroxylation is 1. The zero-order valence-corrected chi connectivity index (χ0v) is 13.8. The number of amides is 1. The van der Waals surface area contributed by atoms with Gasteiger partial charge in [-0.25, -0.2) is 0 Å². The second-order valence-electron chi connectivity index (χ2n) is 4.95. The fourth-order valence-electron chi connectivity index (χ4n) is 1.95. The van der Waals surface area contributed by atoms with Crippen LogP contribution in [0.5, 0.6) is 5.75 Å². The number of hydrogen-bond donors (Lipinski definition) is 2. The summed E-state index contributed by atoms with van der Waals surface area (Å²) in [5.74, 6) is -0.138. The van der Waals surface area contributed by atoms with E-state index in [1.165, 1.54) is 23.7 Å². The maximum absolute atomic E-state index is 12.2. The Labute approximate surface area is 141 Å². The number of anilines is 1. The average Bonchev–Trinajstić information content (AvgIpc) is 2.92. The molecule has 0 spiro atoms. The molecule has 2 N–H and O–H groups in total. The summed E-state index contributed by atoms with van der Waals surface area (Å²) in [7, 11) is 1.71. The Morgan fingerprint density at radius 1 is 1.29 bits per heavy atom. The van der Waals surface area contributed by atoms with Gasteiger partial charge in [-0.05, 0) is 36.2 Å². The van der Waals surface area contributed by atoms with E-state index in [-0.39, 0.29) is 18.2 Å². The molecule has 0 saturated carbocycles. The molecule has 0 saturated heterocycles.